The summed E-state index contributed by atoms with van der Waals surface area (Å²) < 4.78 is 0. The lowest BCUT2D eigenvalue weighted by atomic mass is 10.4. The molecular weight excluding hydrogens is 196 g/mol. The van der Waals surface area contributed by atoms with Crippen LogP contribution in [0, 0.1) is 13.8 Å². The van der Waals surface area contributed by atoms with Gasteiger partial charge in [-0.3, -0.25) is 0 Å². The summed E-state index contributed by atoms with van der Waals surface area (Å²) >= 11 is 5.02. The smallest absolute Gasteiger partial charge is 0.229 e. The van der Waals surface area contributed by atoms with Gasteiger partial charge in [-0.15, -0.1) is 0 Å². The molecule has 0 amide bonds. The molecule has 0 aromatic carbocycles. The van der Waals surface area contributed by atoms with E-state index in [0.29, 0.717) is 11.1 Å². The number of hydrogen-bond donors (Lipinski definition) is 2. The van der Waals surface area contributed by atoms with E-state index in [1.807, 2.05) is 26.8 Å². The first-order valence-electron chi connectivity index (χ1n) is 4.49. The second kappa shape index (κ2) is 4.85. The summed E-state index contributed by atoms with van der Waals surface area (Å²) in [6.45, 7) is 6.62. The molecule has 1 aromatic heterocycles. The summed E-state index contributed by atoms with van der Waals surface area (Å²) in [5.41, 5.74) is 1.86. The van der Waals surface area contributed by atoms with Crippen molar-refractivity contribution in [3.05, 3.63) is 17.5 Å². The zero-order valence-corrected chi connectivity index (χ0v) is 9.40. The van der Waals surface area contributed by atoms with Gasteiger partial charge in [0.25, 0.3) is 0 Å². The monoisotopic (exact) mass is 210 g/mol. The zero-order valence-electron chi connectivity index (χ0n) is 8.59. The van der Waals surface area contributed by atoms with Gasteiger partial charge in [-0.2, -0.15) is 0 Å². The van der Waals surface area contributed by atoms with Crippen molar-refractivity contribution in [1.82, 2.24) is 15.3 Å². The molecule has 1 heterocycles. The highest BCUT2D eigenvalue weighted by atomic mass is 32.1. The average Bonchev–Trinajstić information content (AvgIpc) is 2.01. The summed E-state index contributed by atoms with van der Waals surface area (Å²) in [6.07, 6.45) is 0. The number of nitrogens with one attached hydrogen (secondary N) is 2. The maximum Gasteiger partial charge on any atom is 0.229 e. The van der Waals surface area contributed by atoms with Crippen LogP contribution < -0.4 is 10.6 Å². The molecule has 0 aliphatic carbocycles. The van der Waals surface area contributed by atoms with Gasteiger partial charge in [0.2, 0.25) is 5.95 Å². The van der Waals surface area contributed by atoms with Crippen LogP contribution in [0.15, 0.2) is 6.07 Å². The maximum atomic E-state index is 5.02. The lowest BCUT2D eigenvalue weighted by molar-refractivity contribution is 0.971. The van der Waals surface area contributed by atoms with E-state index in [0.717, 1.165) is 17.9 Å². The summed E-state index contributed by atoms with van der Waals surface area (Å²) in [5, 5.41) is 6.45. The molecule has 2 N–H and O–H groups in total. The molecule has 0 unspecified atom stereocenters. The van der Waals surface area contributed by atoms with Crippen LogP contribution in [0.1, 0.15) is 18.3 Å². The highest BCUT2D eigenvalue weighted by Crippen LogP contribution is 2.03. The zero-order chi connectivity index (χ0) is 10.6. The van der Waals surface area contributed by atoms with Crippen molar-refractivity contribution in [1.29, 1.82) is 0 Å². The number of rotatable bonds is 2. The molecular formula is C9H14N4S. The second-order valence-electron chi connectivity index (χ2n) is 2.96. The van der Waals surface area contributed by atoms with Crippen molar-refractivity contribution in [2.45, 2.75) is 20.8 Å². The molecule has 76 valence electrons. The Labute approximate surface area is 89.2 Å². The van der Waals surface area contributed by atoms with Gasteiger partial charge in [0, 0.05) is 17.9 Å². The fourth-order valence-corrected chi connectivity index (χ4v) is 1.32. The first-order chi connectivity index (χ1) is 6.61. The van der Waals surface area contributed by atoms with Crippen molar-refractivity contribution < 1.29 is 0 Å². The van der Waals surface area contributed by atoms with Crippen LogP contribution in [-0.4, -0.2) is 21.6 Å². The lowest BCUT2D eigenvalue weighted by Gasteiger charge is -2.07. The molecule has 5 heteroatoms. The second-order valence-corrected chi connectivity index (χ2v) is 3.37. The molecule has 0 aliphatic heterocycles. The van der Waals surface area contributed by atoms with E-state index in [-0.39, 0.29) is 0 Å². The Hall–Kier alpha value is -1.23. The Bertz CT molecular complexity index is 317. The van der Waals surface area contributed by atoms with E-state index in [2.05, 4.69) is 20.6 Å². The normalized spacial score (nSPS) is 9.64. The Morgan fingerprint density at radius 2 is 1.93 bits per heavy atom. The van der Waals surface area contributed by atoms with Crippen LogP contribution in [0.3, 0.4) is 0 Å². The van der Waals surface area contributed by atoms with Gasteiger partial charge in [-0.05, 0) is 39.1 Å². The highest BCUT2D eigenvalue weighted by molar-refractivity contribution is 7.80. The van der Waals surface area contributed by atoms with Crippen LogP contribution in [-0.2, 0) is 0 Å². The number of hydrogen-bond acceptors (Lipinski definition) is 3. The minimum atomic E-state index is 0.549. The van der Waals surface area contributed by atoms with E-state index >= 15 is 0 Å². The van der Waals surface area contributed by atoms with E-state index < -0.39 is 0 Å². The van der Waals surface area contributed by atoms with Gasteiger partial charge < -0.3 is 10.6 Å². The molecule has 1 rings (SSSR count). The molecule has 0 bridgehead atoms. The molecule has 0 radical (unpaired) electrons. The standard InChI is InChI=1S/C9H14N4S/c1-4-10-9(14)13-8-11-6(2)5-7(3)12-8/h5H,4H2,1-3H3,(H2,10,11,12,13,14). The van der Waals surface area contributed by atoms with Crippen molar-refractivity contribution in [2.24, 2.45) is 0 Å². The molecule has 0 saturated carbocycles. The van der Waals surface area contributed by atoms with Crippen LogP contribution >= 0.6 is 12.2 Å². The predicted octanol–water partition coefficient (Wildman–Crippen LogP) is 1.40. The average molecular weight is 210 g/mol. The molecule has 0 aliphatic rings. The fraction of sp³-hybridized carbons (Fsp3) is 0.444. The van der Waals surface area contributed by atoms with Gasteiger partial charge in [-0.1, -0.05) is 0 Å². The summed E-state index contributed by atoms with van der Waals surface area (Å²) in [7, 11) is 0. The van der Waals surface area contributed by atoms with E-state index in [1.54, 1.807) is 0 Å². The first kappa shape index (κ1) is 10.8. The summed E-state index contributed by atoms with van der Waals surface area (Å²) in [4.78, 5) is 8.41. The third-order valence-corrected chi connectivity index (χ3v) is 1.79. The fourth-order valence-electron chi connectivity index (χ4n) is 1.09. The van der Waals surface area contributed by atoms with Gasteiger partial charge >= 0.3 is 0 Å². The van der Waals surface area contributed by atoms with Crippen molar-refractivity contribution in [3.63, 3.8) is 0 Å². The van der Waals surface area contributed by atoms with E-state index in [9.17, 15) is 0 Å². The Kier molecular flexibility index (Phi) is 3.76. The molecule has 0 atom stereocenters. The number of aromatic nitrogens is 2. The Balaban J connectivity index is 2.71. The Morgan fingerprint density at radius 1 is 1.36 bits per heavy atom. The van der Waals surface area contributed by atoms with Gasteiger partial charge in [-0.25, -0.2) is 9.97 Å². The number of nitrogens with zero attached hydrogens (tertiary/aromatic N) is 2. The minimum absolute atomic E-state index is 0.549. The summed E-state index contributed by atoms with van der Waals surface area (Å²) in [5.74, 6) is 0.549. The maximum absolute atomic E-state index is 5.02. The molecule has 0 saturated heterocycles. The predicted molar refractivity (Wildman–Crippen MR) is 61.4 cm³/mol. The third-order valence-electron chi connectivity index (χ3n) is 1.54. The topological polar surface area (TPSA) is 49.8 Å². The van der Waals surface area contributed by atoms with E-state index in [4.69, 9.17) is 12.2 Å². The minimum Gasteiger partial charge on any atom is -0.363 e. The van der Waals surface area contributed by atoms with Crippen LogP contribution in [0.4, 0.5) is 5.95 Å². The SMILES string of the molecule is CCNC(=S)Nc1nc(C)cc(C)n1. The van der Waals surface area contributed by atoms with Crippen LogP contribution in [0.2, 0.25) is 0 Å². The molecule has 0 fully saturated rings. The number of thiocarbonyl (C=S) groups is 1. The Morgan fingerprint density at radius 3 is 2.43 bits per heavy atom. The van der Waals surface area contributed by atoms with Crippen molar-refractivity contribution >= 4 is 23.3 Å². The van der Waals surface area contributed by atoms with Gasteiger partial charge in [0.15, 0.2) is 5.11 Å². The molecule has 1 aromatic rings. The molecule has 14 heavy (non-hydrogen) atoms. The van der Waals surface area contributed by atoms with Crippen molar-refractivity contribution in [2.75, 3.05) is 11.9 Å². The highest BCUT2D eigenvalue weighted by Gasteiger charge is 2.00. The largest absolute Gasteiger partial charge is 0.363 e. The quantitative estimate of drug-likeness (QED) is 0.723. The van der Waals surface area contributed by atoms with Gasteiger partial charge in [0.1, 0.15) is 0 Å². The first-order valence-corrected chi connectivity index (χ1v) is 4.89. The molecule has 4 nitrogen and oxygen atoms in total. The molecule has 0 spiro atoms. The lowest BCUT2D eigenvalue weighted by Crippen LogP contribution is -2.28. The van der Waals surface area contributed by atoms with Crippen LogP contribution in [0.5, 0.6) is 0 Å². The van der Waals surface area contributed by atoms with E-state index in [1.165, 1.54) is 0 Å². The van der Waals surface area contributed by atoms with Crippen LogP contribution in [0.25, 0.3) is 0 Å². The van der Waals surface area contributed by atoms with Gasteiger partial charge in [0.05, 0.1) is 0 Å². The number of anilines is 1. The summed E-state index contributed by atoms with van der Waals surface area (Å²) in [6, 6.07) is 1.92. The third kappa shape index (κ3) is 3.26. The number of aryl methyl sites for hydroxylation is 2. The van der Waals surface area contributed by atoms with Crippen molar-refractivity contribution in [3.8, 4) is 0 Å².